The summed E-state index contributed by atoms with van der Waals surface area (Å²) in [5.74, 6) is -2.14. The van der Waals surface area contributed by atoms with Crippen molar-refractivity contribution in [1.82, 2.24) is 20.2 Å². The highest BCUT2D eigenvalue weighted by atomic mass is 19.3. The molecule has 0 bridgehead atoms. The molecule has 2 aromatic rings. The van der Waals surface area contributed by atoms with Gasteiger partial charge in [0.2, 0.25) is 5.92 Å². The Balaban J connectivity index is 1.80. The first-order valence-corrected chi connectivity index (χ1v) is 5.35. The number of rotatable bonds is 2. The first-order chi connectivity index (χ1) is 8.14. The van der Waals surface area contributed by atoms with Crippen LogP contribution >= 0.6 is 0 Å². The minimum Gasteiger partial charge on any atom is -0.282 e. The highest BCUT2D eigenvalue weighted by Crippen LogP contribution is 2.47. The number of nitrogens with zero attached hydrogens (tertiary/aromatic N) is 3. The van der Waals surface area contributed by atoms with Crippen LogP contribution in [0.2, 0.25) is 0 Å². The van der Waals surface area contributed by atoms with Crippen molar-refractivity contribution in [3.63, 3.8) is 0 Å². The molecule has 0 saturated heterocycles. The van der Waals surface area contributed by atoms with Crippen LogP contribution in [0.1, 0.15) is 24.5 Å². The quantitative estimate of drug-likeness (QED) is 0.870. The molecule has 1 N–H and O–H groups in total. The lowest BCUT2D eigenvalue weighted by Gasteiger charge is -2.33. The van der Waals surface area contributed by atoms with Crippen LogP contribution < -0.4 is 0 Å². The van der Waals surface area contributed by atoms with E-state index in [0.717, 1.165) is 5.69 Å². The Morgan fingerprint density at radius 2 is 1.94 bits per heavy atom. The summed E-state index contributed by atoms with van der Waals surface area (Å²) in [6, 6.07) is 3.46. The van der Waals surface area contributed by atoms with Crippen LogP contribution in [0.4, 0.5) is 8.78 Å². The lowest BCUT2D eigenvalue weighted by molar-refractivity contribution is -0.0876. The topological polar surface area (TPSA) is 54.5 Å². The minimum atomic E-state index is -2.51. The molecule has 3 rings (SSSR count). The number of nitrogens with one attached hydrogen (secondary N) is 1. The lowest BCUT2D eigenvalue weighted by atomic mass is 9.79. The van der Waals surface area contributed by atoms with Crippen molar-refractivity contribution in [3.05, 3.63) is 30.2 Å². The van der Waals surface area contributed by atoms with E-state index in [2.05, 4.69) is 20.2 Å². The van der Waals surface area contributed by atoms with Crippen LogP contribution in [0.5, 0.6) is 0 Å². The summed E-state index contributed by atoms with van der Waals surface area (Å²) >= 11 is 0. The number of aromatic nitrogens is 4. The Hall–Kier alpha value is -1.85. The summed E-state index contributed by atoms with van der Waals surface area (Å²) in [5, 5.41) is 6.82. The monoisotopic (exact) mass is 236 g/mol. The second-order valence-electron chi connectivity index (χ2n) is 4.24. The Labute approximate surface area is 96.1 Å². The van der Waals surface area contributed by atoms with Gasteiger partial charge in [-0.25, -0.2) is 18.7 Å². The van der Waals surface area contributed by atoms with E-state index >= 15 is 0 Å². The third-order valence-corrected chi connectivity index (χ3v) is 2.92. The van der Waals surface area contributed by atoms with Crippen LogP contribution in [-0.4, -0.2) is 26.1 Å². The first-order valence-electron chi connectivity index (χ1n) is 5.35. The van der Waals surface area contributed by atoms with Crippen LogP contribution in [0.15, 0.2) is 24.5 Å². The maximum Gasteiger partial charge on any atom is 0.249 e. The molecular formula is C11H10F2N4. The van der Waals surface area contributed by atoms with E-state index in [0.29, 0.717) is 11.5 Å². The van der Waals surface area contributed by atoms with E-state index in [1.807, 2.05) is 0 Å². The molecule has 2 aromatic heterocycles. The Bertz CT molecular complexity index is 515. The molecule has 1 aliphatic rings. The van der Waals surface area contributed by atoms with Gasteiger partial charge in [0.05, 0.1) is 0 Å². The number of H-pyrrole nitrogens is 1. The number of hydrogen-bond acceptors (Lipinski definition) is 3. The fourth-order valence-corrected chi connectivity index (χ4v) is 1.97. The molecule has 6 heteroatoms. The highest BCUT2D eigenvalue weighted by Gasteiger charge is 2.46. The summed E-state index contributed by atoms with van der Waals surface area (Å²) < 4.78 is 25.5. The van der Waals surface area contributed by atoms with E-state index in [4.69, 9.17) is 0 Å². The summed E-state index contributed by atoms with van der Waals surface area (Å²) in [7, 11) is 0. The Morgan fingerprint density at radius 3 is 2.59 bits per heavy atom. The number of aromatic amines is 1. The molecule has 2 heterocycles. The van der Waals surface area contributed by atoms with Gasteiger partial charge in [-0.05, 0) is 12.1 Å². The number of halogens is 2. The van der Waals surface area contributed by atoms with Crippen molar-refractivity contribution in [1.29, 1.82) is 0 Å². The van der Waals surface area contributed by atoms with Gasteiger partial charge in [0, 0.05) is 36.8 Å². The molecule has 0 amide bonds. The van der Waals surface area contributed by atoms with Gasteiger partial charge < -0.3 is 0 Å². The minimum absolute atomic E-state index is 0.107. The van der Waals surface area contributed by atoms with E-state index in [1.165, 1.54) is 0 Å². The number of hydrogen-bond donors (Lipinski definition) is 1. The predicted octanol–water partition coefficient (Wildman–Crippen LogP) is 2.38. The molecule has 4 nitrogen and oxygen atoms in total. The Morgan fingerprint density at radius 1 is 1.24 bits per heavy atom. The van der Waals surface area contributed by atoms with E-state index in [9.17, 15) is 8.78 Å². The zero-order valence-electron chi connectivity index (χ0n) is 8.90. The van der Waals surface area contributed by atoms with Crippen molar-refractivity contribution in [2.75, 3.05) is 0 Å². The van der Waals surface area contributed by atoms with E-state index in [-0.39, 0.29) is 18.8 Å². The van der Waals surface area contributed by atoms with Gasteiger partial charge in [-0.15, -0.1) is 0 Å². The molecule has 0 aliphatic heterocycles. The average Bonchev–Trinajstić information content (AvgIpc) is 2.76. The van der Waals surface area contributed by atoms with Crippen LogP contribution in [0.25, 0.3) is 11.5 Å². The van der Waals surface area contributed by atoms with Gasteiger partial charge >= 0.3 is 0 Å². The third kappa shape index (κ3) is 1.90. The Kier molecular flexibility index (Phi) is 2.17. The molecule has 17 heavy (non-hydrogen) atoms. The van der Waals surface area contributed by atoms with Crippen molar-refractivity contribution in [3.8, 4) is 11.5 Å². The summed E-state index contributed by atoms with van der Waals surface area (Å²) in [6.07, 6.45) is 3.02. The summed E-state index contributed by atoms with van der Waals surface area (Å²) in [4.78, 5) is 8.10. The van der Waals surface area contributed by atoms with Crippen molar-refractivity contribution >= 4 is 0 Å². The standard InChI is InChI=1S/C11H10F2N4/c12-11(13)5-7(6-11)8-4-9(17-16-8)10-14-2-1-3-15-10/h1-4,7H,5-6H2,(H,16,17). The van der Waals surface area contributed by atoms with E-state index in [1.54, 1.807) is 24.5 Å². The van der Waals surface area contributed by atoms with Gasteiger partial charge in [-0.3, -0.25) is 5.10 Å². The van der Waals surface area contributed by atoms with Crippen LogP contribution in [-0.2, 0) is 0 Å². The van der Waals surface area contributed by atoms with Crippen LogP contribution in [0, 0.1) is 0 Å². The predicted molar refractivity (Wildman–Crippen MR) is 56.5 cm³/mol. The first kappa shape index (κ1) is 10.3. The SMILES string of the molecule is FC1(F)CC(c2cc(-c3ncccn3)n[nH]2)C1. The van der Waals surface area contributed by atoms with E-state index < -0.39 is 5.92 Å². The molecule has 1 aliphatic carbocycles. The fourth-order valence-electron chi connectivity index (χ4n) is 1.97. The maximum atomic E-state index is 12.7. The summed E-state index contributed by atoms with van der Waals surface area (Å²) in [6.45, 7) is 0. The highest BCUT2D eigenvalue weighted by molar-refractivity contribution is 5.49. The second kappa shape index (κ2) is 3.58. The maximum absolute atomic E-state index is 12.7. The molecule has 0 spiro atoms. The third-order valence-electron chi connectivity index (χ3n) is 2.92. The van der Waals surface area contributed by atoms with Gasteiger partial charge in [0.15, 0.2) is 5.82 Å². The van der Waals surface area contributed by atoms with Crippen LogP contribution in [0.3, 0.4) is 0 Å². The van der Waals surface area contributed by atoms with Crippen molar-refractivity contribution < 1.29 is 8.78 Å². The molecule has 0 unspecified atom stereocenters. The molecule has 1 fully saturated rings. The molecule has 88 valence electrons. The zero-order valence-corrected chi connectivity index (χ0v) is 8.90. The summed E-state index contributed by atoms with van der Waals surface area (Å²) in [5.41, 5.74) is 1.33. The molecular weight excluding hydrogens is 226 g/mol. The van der Waals surface area contributed by atoms with Crippen molar-refractivity contribution in [2.45, 2.75) is 24.7 Å². The smallest absolute Gasteiger partial charge is 0.249 e. The average molecular weight is 236 g/mol. The molecule has 1 saturated carbocycles. The zero-order chi connectivity index (χ0) is 11.9. The normalized spacial score (nSPS) is 18.9. The van der Waals surface area contributed by atoms with Crippen molar-refractivity contribution in [2.24, 2.45) is 0 Å². The van der Waals surface area contributed by atoms with Gasteiger partial charge in [0.25, 0.3) is 0 Å². The van der Waals surface area contributed by atoms with Gasteiger partial charge in [0.1, 0.15) is 5.69 Å². The van der Waals surface area contributed by atoms with Gasteiger partial charge in [-0.2, -0.15) is 5.10 Å². The molecule has 0 atom stereocenters. The largest absolute Gasteiger partial charge is 0.282 e. The lowest BCUT2D eigenvalue weighted by Crippen LogP contribution is -2.33. The molecule has 0 radical (unpaired) electrons. The molecule has 0 aromatic carbocycles. The second-order valence-corrected chi connectivity index (χ2v) is 4.24. The fraction of sp³-hybridized carbons (Fsp3) is 0.364. The number of alkyl halides is 2. The van der Waals surface area contributed by atoms with Gasteiger partial charge in [-0.1, -0.05) is 0 Å².